The van der Waals surface area contributed by atoms with E-state index in [0.717, 1.165) is 37.9 Å². The molecule has 0 N–H and O–H groups in total. The van der Waals surface area contributed by atoms with Gasteiger partial charge in [-0.25, -0.2) is 4.98 Å². The Hall–Kier alpha value is -2.64. The number of rotatable bonds is 4. The van der Waals surface area contributed by atoms with Crippen molar-refractivity contribution in [2.75, 3.05) is 49.1 Å². The monoisotopic (exact) mass is 355 g/mol. The molecule has 138 valence electrons. The van der Waals surface area contributed by atoms with Gasteiger partial charge in [0, 0.05) is 57.9 Å². The summed E-state index contributed by atoms with van der Waals surface area (Å²) in [4.78, 5) is 28.3. The highest BCUT2D eigenvalue weighted by molar-refractivity contribution is 5.80. The van der Waals surface area contributed by atoms with Crippen LogP contribution in [0.5, 0.6) is 0 Å². The Morgan fingerprint density at radius 2 is 1.81 bits per heavy atom. The third-order valence-electron chi connectivity index (χ3n) is 5.21. The summed E-state index contributed by atoms with van der Waals surface area (Å²) in [5, 5.41) is 4.18. The molecule has 8 heteroatoms. The van der Waals surface area contributed by atoms with Gasteiger partial charge < -0.3 is 14.7 Å². The molecule has 0 radical (unpaired) electrons. The van der Waals surface area contributed by atoms with E-state index in [2.05, 4.69) is 19.9 Å². The van der Waals surface area contributed by atoms with E-state index in [0.29, 0.717) is 13.1 Å². The number of aromatic nitrogens is 4. The average Bonchev–Trinajstić information content (AvgIpc) is 3.41. The molecule has 0 spiro atoms. The van der Waals surface area contributed by atoms with Gasteiger partial charge in [0.2, 0.25) is 11.9 Å². The van der Waals surface area contributed by atoms with E-state index in [1.165, 1.54) is 12.8 Å². The van der Waals surface area contributed by atoms with Crippen LogP contribution in [-0.2, 0) is 4.79 Å². The Morgan fingerprint density at radius 3 is 2.50 bits per heavy atom. The van der Waals surface area contributed by atoms with Crippen molar-refractivity contribution in [3.8, 4) is 0 Å². The molecule has 8 nitrogen and oxygen atoms in total. The minimum atomic E-state index is -0.266. The Balaban J connectivity index is 1.37. The summed E-state index contributed by atoms with van der Waals surface area (Å²) in [5.41, 5.74) is 0. The Bertz CT molecular complexity index is 734. The van der Waals surface area contributed by atoms with Gasteiger partial charge in [-0.2, -0.15) is 10.1 Å². The van der Waals surface area contributed by atoms with Crippen LogP contribution < -0.4 is 9.80 Å². The maximum atomic E-state index is 12.7. The number of carbonyl (C=O) groups excluding carboxylic acids is 1. The lowest BCUT2D eigenvalue weighted by Crippen LogP contribution is -2.50. The number of amides is 1. The van der Waals surface area contributed by atoms with E-state index in [9.17, 15) is 4.79 Å². The predicted octanol–water partition coefficient (Wildman–Crippen LogP) is 1.18. The van der Waals surface area contributed by atoms with E-state index in [-0.39, 0.29) is 11.9 Å². The number of hydrogen-bond donors (Lipinski definition) is 0. The summed E-state index contributed by atoms with van der Waals surface area (Å²) in [5.74, 6) is 1.90. The van der Waals surface area contributed by atoms with Gasteiger partial charge in [-0.15, -0.1) is 0 Å². The van der Waals surface area contributed by atoms with Crippen molar-refractivity contribution in [2.45, 2.75) is 25.8 Å². The first kappa shape index (κ1) is 16.8. The molecule has 1 amide bonds. The first-order valence-electron chi connectivity index (χ1n) is 9.33. The van der Waals surface area contributed by atoms with Crippen LogP contribution in [-0.4, -0.2) is 69.8 Å². The lowest BCUT2D eigenvalue weighted by Gasteiger charge is -2.36. The molecule has 4 heterocycles. The normalized spacial score (nSPS) is 19.0. The minimum absolute atomic E-state index is 0.119. The zero-order chi connectivity index (χ0) is 17.9. The van der Waals surface area contributed by atoms with Gasteiger partial charge in [-0.3, -0.25) is 9.48 Å². The number of carbonyl (C=O) groups is 1. The van der Waals surface area contributed by atoms with Crippen LogP contribution in [0.15, 0.2) is 30.7 Å². The summed E-state index contributed by atoms with van der Waals surface area (Å²) in [7, 11) is 0. The molecule has 2 aromatic rings. The van der Waals surface area contributed by atoms with Crippen molar-refractivity contribution >= 4 is 17.7 Å². The SMILES string of the molecule is CC(C(=O)N1CCN(c2ccnc(N3CCCC3)n2)CC1)n1cccn1. The van der Waals surface area contributed by atoms with Crippen molar-refractivity contribution < 1.29 is 4.79 Å². The average molecular weight is 355 g/mol. The second kappa shape index (κ2) is 7.31. The molecule has 0 aliphatic carbocycles. The van der Waals surface area contributed by atoms with Gasteiger partial charge in [-0.05, 0) is 31.9 Å². The summed E-state index contributed by atoms with van der Waals surface area (Å²) in [6, 6.07) is 3.54. The summed E-state index contributed by atoms with van der Waals surface area (Å²) < 4.78 is 1.71. The molecule has 2 aromatic heterocycles. The van der Waals surface area contributed by atoms with Gasteiger partial charge in [0.05, 0.1) is 0 Å². The van der Waals surface area contributed by atoms with Crippen LogP contribution in [0.1, 0.15) is 25.8 Å². The summed E-state index contributed by atoms with van der Waals surface area (Å²) >= 11 is 0. The van der Waals surface area contributed by atoms with E-state index >= 15 is 0 Å². The van der Waals surface area contributed by atoms with Crippen LogP contribution in [0.25, 0.3) is 0 Å². The fourth-order valence-corrected chi connectivity index (χ4v) is 3.63. The highest BCUT2D eigenvalue weighted by atomic mass is 16.2. The van der Waals surface area contributed by atoms with Crippen molar-refractivity contribution in [3.05, 3.63) is 30.7 Å². The van der Waals surface area contributed by atoms with Gasteiger partial charge in [-0.1, -0.05) is 0 Å². The first-order chi connectivity index (χ1) is 12.7. The lowest BCUT2D eigenvalue weighted by molar-refractivity contribution is -0.134. The second-order valence-electron chi connectivity index (χ2n) is 6.88. The van der Waals surface area contributed by atoms with E-state index in [1.54, 1.807) is 10.9 Å². The Morgan fingerprint density at radius 1 is 1.04 bits per heavy atom. The quantitative estimate of drug-likeness (QED) is 0.820. The van der Waals surface area contributed by atoms with Crippen LogP contribution in [0.2, 0.25) is 0 Å². The smallest absolute Gasteiger partial charge is 0.247 e. The Labute approximate surface area is 153 Å². The molecule has 2 aliphatic heterocycles. The Kier molecular flexibility index (Phi) is 4.73. The van der Waals surface area contributed by atoms with Crippen LogP contribution in [0, 0.1) is 0 Å². The largest absolute Gasteiger partial charge is 0.353 e. The molecule has 1 unspecified atom stereocenters. The zero-order valence-corrected chi connectivity index (χ0v) is 15.2. The molecule has 2 fully saturated rings. The highest BCUT2D eigenvalue weighted by Gasteiger charge is 2.27. The third-order valence-corrected chi connectivity index (χ3v) is 5.21. The summed E-state index contributed by atoms with van der Waals surface area (Å²) in [6.07, 6.45) is 7.80. The molecule has 0 saturated carbocycles. The van der Waals surface area contributed by atoms with E-state index < -0.39 is 0 Å². The van der Waals surface area contributed by atoms with Crippen LogP contribution >= 0.6 is 0 Å². The molecule has 4 rings (SSSR count). The van der Waals surface area contributed by atoms with Crippen LogP contribution in [0.3, 0.4) is 0 Å². The number of piperazine rings is 1. The molecule has 0 aromatic carbocycles. The van der Waals surface area contributed by atoms with Crippen molar-refractivity contribution in [1.82, 2.24) is 24.6 Å². The maximum Gasteiger partial charge on any atom is 0.247 e. The second-order valence-corrected chi connectivity index (χ2v) is 6.88. The molecular formula is C18H25N7O. The molecule has 1 atom stereocenters. The van der Waals surface area contributed by atoms with Crippen molar-refractivity contribution in [1.29, 1.82) is 0 Å². The number of nitrogens with zero attached hydrogens (tertiary/aromatic N) is 7. The fourth-order valence-electron chi connectivity index (χ4n) is 3.63. The van der Waals surface area contributed by atoms with Gasteiger partial charge in [0.1, 0.15) is 11.9 Å². The lowest BCUT2D eigenvalue weighted by atomic mass is 10.2. The van der Waals surface area contributed by atoms with Crippen molar-refractivity contribution in [3.63, 3.8) is 0 Å². The topological polar surface area (TPSA) is 70.4 Å². The predicted molar refractivity (Wildman–Crippen MR) is 99.2 cm³/mol. The van der Waals surface area contributed by atoms with E-state index in [4.69, 9.17) is 4.98 Å². The fraction of sp³-hybridized carbons (Fsp3) is 0.556. The zero-order valence-electron chi connectivity index (χ0n) is 15.2. The molecule has 0 bridgehead atoms. The minimum Gasteiger partial charge on any atom is -0.353 e. The summed E-state index contributed by atoms with van der Waals surface area (Å²) in [6.45, 7) is 6.95. The highest BCUT2D eigenvalue weighted by Crippen LogP contribution is 2.20. The number of anilines is 2. The van der Waals surface area contributed by atoms with Gasteiger partial charge >= 0.3 is 0 Å². The molecular weight excluding hydrogens is 330 g/mol. The third kappa shape index (κ3) is 3.36. The number of hydrogen-bond acceptors (Lipinski definition) is 6. The van der Waals surface area contributed by atoms with Gasteiger partial charge in [0.25, 0.3) is 0 Å². The van der Waals surface area contributed by atoms with Gasteiger partial charge in [0.15, 0.2) is 0 Å². The van der Waals surface area contributed by atoms with Crippen molar-refractivity contribution in [2.24, 2.45) is 0 Å². The maximum absolute atomic E-state index is 12.7. The van der Waals surface area contributed by atoms with Crippen LogP contribution in [0.4, 0.5) is 11.8 Å². The molecule has 2 aliphatic rings. The molecule has 2 saturated heterocycles. The first-order valence-corrected chi connectivity index (χ1v) is 9.33. The van der Waals surface area contributed by atoms with E-state index in [1.807, 2.05) is 36.4 Å². The molecule has 26 heavy (non-hydrogen) atoms. The standard InChI is InChI=1S/C18H25N7O/c1-15(25-10-4-6-20-25)17(26)23-13-11-22(12-14-23)16-5-7-19-18(21-16)24-8-2-3-9-24/h4-7,10,15H,2-3,8-9,11-14H2,1H3.